The maximum atomic E-state index is 5.85. The molecule has 46 heavy (non-hydrogen) atoms. The van der Waals surface area contributed by atoms with Gasteiger partial charge in [0.2, 0.25) is 5.71 Å². The van der Waals surface area contributed by atoms with Gasteiger partial charge in [0.05, 0.1) is 28.6 Å². The van der Waals surface area contributed by atoms with Gasteiger partial charge in [-0.2, -0.15) is 0 Å². The van der Waals surface area contributed by atoms with Crippen LogP contribution in [0.3, 0.4) is 0 Å². The van der Waals surface area contributed by atoms with Gasteiger partial charge < -0.3 is 8.98 Å². The van der Waals surface area contributed by atoms with Crippen LogP contribution in [0.25, 0.3) is 55.7 Å². The van der Waals surface area contributed by atoms with E-state index in [1.807, 2.05) is 60.3 Å². The van der Waals surface area contributed by atoms with Gasteiger partial charge in [-0.1, -0.05) is 17.5 Å². The van der Waals surface area contributed by atoms with Gasteiger partial charge in [-0.05, 0) is 12.1 Å². The molecule has 0 aliphatic carbocycles. The monoisotopic (exact) mass is 848 g/mol. The Morgan fingerprint density at radius 2 is 1.74 bits per heavy atom. The van der Waals surface area contributed by atoms with Gasteiger partial charge in [0.25, 0.3) is 0 Å². The quantitative estimate of drug-likeness (QED) is 0.124. The minimum atomic E-state index is -1.91. The zero-order valence-electron chi connectivity index (χ0n) is 27.5. The summed E-state index contributed by atoms with van der Waals surface area (Å²) >= 11 is -1.91. The number of rotatable bonds is 6. The zero-order valence-corrected chi connectivity index (χ0v) is 32.0. The van der Waals surface area contributed by atoms with E-state index in [-0.39, 0.29) is 20.1 Å². The van der Waals surface area contributed by atoms with Crippen LogP contribution in [0.1, 0.15) is 32.8 Å². The van der Waals surface area contributed by atoms with Crippen molar-refractivity contribution in [2.45, 2.75) is 50.9 Å². The smallest absolute Gasteiger partial charge is 0.215 e. The molecular formula is C38H39GeIrN5O-2. The molecule has 237 valence electrons. The van der Waals surface area contributed by atoms with Crippen LogP contribution < -0.4 is 4.40 Å². The van der Waals surface area contributed by atoms with Crippen LogP contribution in [0.5, 0.6) is 0 Å². The van der Waals surface area contributed by atoms with E-state index < -0.39 is 13.3 Å². The van der Waals surface area contributed by atoms with Crippen LogP contribution in [0.4, 0.5) is 0 Å². The summed E-state index contributed by atoms with van der Waals surface area (Å²) in [6, 6.07) is 26.8. The van der Waals surface area contributed by atoms with Crippen molar-refractivity contribution in [1.82, 2.24) is 24.5 Å². The van der Waals surface area contributed by atoms with Gasteiger partial charge >= 0.3 is 138 Å². The van der Waals surface area contributed by atoms with Crippen LogP contribution in [0.2, 0.25) is 17.3 Å². The number of hydrogen-bond acceptors (Lipinski definition) is 5. The Morgan fingerprint density at radius 1 is 0.913 bits per heavy atom. The standard InChI is InChI=1S/C20H28GeN.C18H11N4O.Ir/c1-7-20(2,3)14-17-13-19(16-11-9-8-10-12-16)22-15-18(17)21(4,5)6;1-22-15-10-19-8-6-14(15)21-17(22)11-4-5-12-13-3-2-7-20-18(13)23-16(12)9-11;/h8-11,13,15H,7,14H2,1-6H3;2-3,5-10H,1H3;/q2*-1;. The topological polar surface area (TPSA) is 69.6 Å². The molecule has 0 amide bonds. The van der Waals surface area contributed by atoms with Gasteiger partial charge in [0, 0.05) is 44.9 Å². The Morgan fingerprint density at radius 3 is 2.46 bits per heavy atom. The third-order valence-electron chi connectivity index (χ3n) is 8.51. The van der Waals surface area contributed by atoms with E-state index in [1.165, 1.54) is 12.0 Å². The van der Waals surface area contributed by atoms with Crippen molar-refractivity contribution < 1.29 is 24.5 Å². The van der Waals surface area contributed by atoms with Crippen molar-refractivity contribution in [3.8, 4) is 22.6 Å². The Kier molecular flexibility index (Phi) is 9.97. The third-order valence-corrected chi connectivity index (χ3v) is 12.8. The summed E-state index contributed by atoms with van der Waals surface area (Å²) in [6.07, 6.45) is 9.76. The molecule has 7 aromatic rings. The Hall–Kier alpha value is -3.65. The van der Waals surface area contributed by atoms with E-state index in [2.05, 4.69) is 89.5 Å². The van der Waals surface area contributed by atoms with Crippen molar-refractivity contribution in [3.05, 3.63) is 103 Å². The molecule has 7 rings (SSSR count). The second-order valence-corrected chi connectivity index (χ2v) is 24.0. The summed E-state index contributed by atoms with van der Waals surface area (Å²) < 4.78 is 9.41. The minimum absolute atomic E-state index is 0. The van der Waals surface area contributed by atoms with Crippen LogP contribution in [-0.2, 0) is 33.6 Å². The summed E-state index contributed by atoms with van der Waals surface area (Å²) in [4.78, 5) is 17.9. The fraction of sp³-hybridized carbons (Fsp3) is 0.263. The average Bonchev–Trinajstić information content (AvgIpc) is 3.58. The molecule has 0 bridgehead atoms. The average molecular weight is 847 g/mol. The SMILES string of the molecule is CCC(C)(C)Cc1cc(-c2[c-]cccc2)nc[c]1[Ge]([CH3])([CH3])[CH3].Cn1c(-c2[c-]cc3c(c2)oc2ncccc23)nc2ccncc21.[Ir]. The van der Waals surface area contributed by atoms with Crippen molar-refractivity contribution >= 4 is 50.8 Å². The molecular weight excluding hydrogens is 807 g/mol. The normalized spacial score (nSPS) is 11.8. The molecule has 0 saturated heterocycles. The van der Waals surface area contributed by atoms with E-state index >= 15 is 0 Å². The molecule has 0 aliphatic heterocycles. The van der Waals surface area contributed by atoms with Gasteiger partial charge in [-0.15, -0.1) is 17.7 Å². The number of aromatic nitrogens is 5. The minimum Gasteiger partial charge on any atom is -0.458 e. The van der Waals surface area contributed by atoms with Gasteiger partial charge in [0.15, 0.2) is 0 Å². The molecule has 8 heteroatoms. The van der Waals surface area contributed by atoms with E-state index in [0.717, 1.165) is 56.5 Å². The molecule has 0 atom stereocenters. The van der Waals surface area contributed by atoms with E-state index in [0.29, 0.717) is 11.1 Å². The van der Waals surface area contributed by atoms with Crippen molar-refractivity contribution in [3.63, 3.8) is 0 Å². The molecule has 1 radical (unpaired) electrons. The van der Waals surface area contributed by atoms with Crippen LogP contribution in [0.15, 0.2) is 89.9 Å². The second-order valence-electron chi connectivity index (χ2n) is 13.4. The third kappa shape index (κ3) is 7.02. The summed E-state index contributed by atoms with van der Waals surface area (Å²) in [6.45, 7) is 7.01. The number of furan rings is 1. The largest absolute Gasteiger partial charge is 0.458 e. The van der Waals surface area contributed by atoms with Crippen molar-refractivity contribution in [1.29, 1.82) is 0 Å². The van der Waals surface area contributed by atoms with Gasteiger partial charge in [-0.25, -0.2) is 4.98 Å². The number of hydrogen-bond donors (Lipinski definition) is 0. The number of fused-ring (bicyclic) bond motifs is 4. The zero-order chi connectivity index (χ0) is 31.8. The first-order valence-electron chi connectivity index (χ1n) is 15.5. The fourth-order valence-corrected chi connectivity index (χ4v) is 8.92. The number of nitrogens with zero attached hydrogens (tertiary/aromatic N) is 5. The number of aryl methyl sites for hydroxylation is 1. The molecule has 0 unspecified atom stereocenters. The Labute approximate surface area is 287 Å². The first-order valence-corrected chi connectivity index (χ1v) is 22.8. The maximum Gasteiger partial charge on any atom is 0.215 e. The van der Waals surface area contributed by atoms with Crippen LogP contribution >= 0.6 is 0 Å². The number of pyridine rings is 3. The molecule has 0 aliphatic rings. The van der Waals surface area contributed by atoms with Crippen molar-refractivity contribution in [2.24, 2.45) is 12.5 Å². The molecule has 6 nitrogen and oxygen atoms in total. The molecule has 0 saturated carbocycles. The maximum absolute atomic E-state index is 5.85. The molecule has 2 aromatic carbocycles. The summed E-state index contributed by atoms with van der Waals surface area (Å²) in [7, 11) is 1.98. The van der Waals surface area contributed by atoms with Gasteiger partial charge in [0.1, 0.15) is 0 Å². The predicted octanol–water partition coefficient (Wildman–Crippen LogP) is 8.80. The Bertz CT molecular complexity index is 2110. The van der Waals surface area contributed by atoms with E-state index in [4.69, 9.17) is 9.40 Å². The van der Waals surface area contributed by atoms with E-state index in [1.54, 1.807) is 16.8 Å². The van der Waals surface area contributed by atoms with E-state index in [9.17, 15) is 0 Å². The number of benzene rings is 2. The molecule has 5 aromatic heterocycles. The first kappa shape index (κ1) is 33.7. The fourth-order valence-electron chi connectivity index (χ4n) is 5.61. The predicted molar refractivity (Wildman–Crippen MR) is 187 cm³/mol. The van der Waals surface area contributed by atoms with Crippen LogP contribution in [0, 0.1) is 17.5 Å². The van der Waals surface area contributed by atoms with Crippen LogP contribution in [-0.4, -0.2) is 37.8 Å². The van der Waals surface area contributed by atoms with Gasteiger partial charge in [-0.3, -0.25) is 9.97 Å². The molecule has 0 fully saturated rings. The second kappa shape index (κ2) is 13.6. The van der Waals surface area contributed by atoms with Crippen molar-refractivity contribution in [2.75, 3.05) is 0 Å². The summed E-state index contributed by atoms with van der Waals surface area (Å²) in [5, 5.41) is 2.01. The number of imidazole rings is 1. The summed E-state index contributed by atoms with van der Waals surface area (Å²) in [5.74, 6) is 8.19. The Balaban J connectivity index is 0.000000178. The molecule has 0 spiro atoms. The molecule has 0 N–H and O–H groups in total. The first-order chi connectivity index (χ1) is 21.5. The summed E-state index contributed by atoms with van der Waals surface area (Å²) in [5.41, 5.74) is 8.20. The molecule has 5 heterocycles.